The first-order valence-corrected chi connectivity index (χ1v) is 7.65. The number of aliphatic carboxylic acids is 1. The molecule has 0 spiro atoms. The van der Waals surface area contributed by atoms with Gasteiger partial charge in [-0.05, 0) is 43.9 Å². The second-order valence-corrected chi connectivity index (χ2v) is 5.95. The third-order valence-corrected chi connectivity index (χ3v) is 4.39. The van der Waals surface area contributed by atoms with Gasteiger partial charge in [0.25, 0.3) is 0 Å². The van der Waals surface area contributed by atoms with E-state index in [1.807, 2.05) is 19.2 Å². The zero-order chi connectivity index (χ0) is 15.7. The lowest BCUT2D eigenvalue weighted by Gasteiger charge is -2.21. The fraction of sp³-hybridized carbons (Fsp3) is 0.412. The molecule has 1 aliphatic rings. The number of carboxylic acid groups (broad SMARTS) is 1. The maximum Gasteiger partial charge on any atom is 0.326 e. The predicted octanol–water partition coefficient (Wildman–Crippen LogP) is 2.48. The number of nitrogens with zero attached hydrogens (tertiary/aromatic N) is 1. The van der Waals surface area contributed by atoms with Gasteiger partial charge in [0, 0.05) is 30.1 Å². The minimum absolute atomic E-state index is 0.0631. The molecule has 1 aromatic heterocycles. The van der Waals surface area contributed by atoms with Crippen molar-refractivity contribution in [2.45, 2.75) is 38.6 Å². The van der Waals surface area contributed by atoms with Crippen LogP contribution in [0.1, 0.15) is 30.4 Å². The number of likely N-dealkylation sites (tertiary alicyclic amines) is 1. The van der Waals surface area contributed by atoms with Crippen LogP contribution < -0.4 is 0 Å². The van der Waals surface area contributed by atoms with Crippen molar-refractivity contribution in [3.63, 3.8) is 0 Å². The van der Waals surface area contributed by atoms with Crippen molar-refractivity contribution in [3.8, 4) is 0 Å². The van der Waals surface area contributed by atoms with Gasteiger partial charge in [-0.2, -0.15) is 0 Å². The van der Waals surface area contributed by atoms with Crippen molar-refractivity contribution in [1.29, 1.82) is 0 Å². The molecule has 1 aromatic carbocycles. The Hall–Kier alpha value is -2.30. The first-order valence-electron chi connectivity index (χ1n) is 7.65. The van der Waals surface area contributed by atoms with Crippen molar-refractivity contribution in [1.82, 2.24) is 9.88 Å². The van der Waals surface area contributed by atoms with Crippen molar-refractivity contribution in [3.05, 3.63) is 35.5 Å². The van der Waals surface area contributed by atoms with Gasteiger partial charge in [-0.25, -0.2) is 4.79 Å². The van der Waals surface area contributed by atoms with E-state index in [0.717, 1.165) is 22.9 Å². The normalized spacial score (nSPS) is 18.0. The highest BCUT2D eigenvalue weighted by Crippen LogP contribution is 2.23. The molecule has 2 N–H and O–H groups in total. The molecule has 1 aliphatic heterocycles. The minimum atomic E-state index is -0.895. The summed E-state index contributed by atoms with van der Waals surface area (Å²) in [5, 5.41) is 10.3. The first kappa shape index (κ1) is 14.6. The summed E-state index contributed by atoms with van der Waals surface area (Å²) in [4.78, 5) is 28.2. The lowest BCUT2D eigenvalue weighted by atomic mass is 10.1. The van der Waals surface area contributed by atoms with Crippen LogP contribution in [-0.4, -0.2) is 39.5 Å². The van der Waals surface area contributed by atoms with Gasteiger partial charge in [0.2, 0.25) is 5.91 Å². The lowest BCUT2D eigenvalue weighted by molar-refractivity contribution is -0.148. The van der Waals surface area contributed by atoms with Crippen LogP contribution in [0.15, 0.2) is 24.4 Å². The van der Waals surface area contributed by atoms with Gasteiger partial charge in [-0.15, -0.1) is 0 Å². The van der Waals surface area contributed by atoms with Crippen LogP contribution in [0.3, 0.4) is 0 Å². The van der Waals surface area contributed by atoms with E-state index >= 15 is 0 Å². The Bertz CT molecular complexity index is 720. The Morgan fingerprint density at radius 2 is 2.23 bits per heavy atom. The number of carboxylic acids is 1. The maximum atomic E-state index is 12.3. The third kappa shape index (κ3) is 2.71. The minimum Gasteiger partial charge on any atom is -0.480 e. The molecule has 0 unspecified atom stereocenters. The zero-order valence-electron chi connectivity index (χ0n) is 12.6. The van der Waals surface area contributed by atoms with E-state index in [2.05, 4.69) is 17.1 Å². The van der Waals surface area contributed by atoms with Crippen molar-refractivity contribution in [2.75, 3.05) is 6.54 Å². The van der Waals surface area contributed by atoms with Crippen LogP contribution in [0.4, 0.5) is 0 Å². The molecule has 5 nitrogen and oxygen atoms in total. The lowest BCUT2D eigenvalue weighted by Crippen LogP contribution is -2.40. The molecule has 3 rings (SSSR count). The van der Waals surface area contributed by atoms with Gasteiger partial charge in [0.15, 0.2) is 0 Å². The average Bonchev–Trinajstić information content (AvgIpc) is 3.11. The summed E-state index contributed by atoms with van der Waals surface area (Å²) in [6.45, 7) is 2.60. The summed E-state index contributed by atoms with van der Waals surface area (Å²) in [5.41, 5.74) is 3.36. The Morgan fingerprint density at radius 3 is 3.00 bits per heavy atom. The van der Waals surface area contributed by atoms with E-state index in [1.165, 1.54) is 10.5 Å². The monoisotopic (exact) mass is 300 g/mol. The predicted molar refractivity (Wildman–Crippen MR) is 83.7 cm³/mol. The molecular weight excluding hydrogens is 280 g/mol. The number of aryl methyl sites for hydroxylation is 2. The number of H-pyrrole nitrogens is 1. The topological polar surface area (TPSA) is 73.4 Å². The summed E-state index contributed by atoms with van der Waals surface area (Å²) in [7, 11) is 0. The number of rotatable bonds is 4. The second-order valence-electron chi connectivity index (χ2n) is 5.95. The van der Waals surface area contributed by atoms with Gasteiger partial charge in [-0.3, -0.25) is 4.79 Å². The van der Waals surface area contributed by atoms with Crippen molar-refractivity contribution >= 4 is 22.8 Å². The van der Waals surface area contributed by atoms with E-state index in [4.69, 9.17) is 5.11 Å². The van der Waals surface area contributed by atoms with E-state index < -0.39 is 12.0 Å². The molecule has 0 bridgehead atoms. The average molecular weight is 300 g/mol. The molecule has 1 amide bonds. The largest absolute Gasteiger partial charge is 0.480 e. The standard InChI is InChI=1S/C17H20N2O3/c1-11-4-6-14-13(9-11)12(10-18-14)5-7-16(20)19-8-2-3-15(19)17(21)22/h4,6,9-10,15,18H,2-3,5,7-8H2,1H3,(H,21,22)/t15-/m1/s1. The number of carbonyl (C=O) groups excluding carboxylic acids is 1. The zero-order valence-corrected chi connectivity index (χ0v) is 12.6. The van der Waals surface area contributed by atoms with E-state index in [0.29, 0.717) is 25.8 Å². The number of hydrogen-bond acceptors (Lipinski definition) is 2. The molecular formula is C17H20N2O3. The maximum absolute atomic E-state index is 12.3. The molecule has 0 radical (unpaired) electrons. The molecule has 5 heteroatoms. The smallest absolute Gasteiger partial charge is 0.326 e. The van der Waals surface area contributed by atoms with Gasteiger partial charge in [-0.1, -0.05) is 11.6 Å². The second kappa shape index (κ2) is 5.83. The molecule has 1 atom stereocenters. The number of carbonyl (C=O) groups is 2. The van der Waals surface area contributed by atoms with E-state index in [9.17, 15) is 9.59 Å². The summed E-state index contributed by atoms with van der Waals surface area (Å²) >= 11 is 0. The highest BCUT2D eigenvalue weighted by molar-refractivity contribution is 5.86. The van der Waals surface area contributed by atoms with Crippen molar-refractivity contribution < 1.29 is 14.7 Å². The number of aromatic nitrogens is 1. The Kier molecular flexibility index (Phi) is 3.88. The first-order chi connectivity index (χ1) is 10.6. The van der Waals surface area contributed by atoms with Crippen LogP contribution in [0, 0.1) is 6.92 Å². The Morgan fingerprint density at radius 1 is 1.41 bits per heavy atom. The number of nitrogens with one attached hydrogen (secondary N) is 1. The number of aromatic amines is 1. The molecule has 2 aromatic rings. The summed E-state index contributed by atoms with van der Waals surface area (Å²) in [5.74, 6) is -0.958. The SMILES string of the molecule is Cc1ccc2[nH]cc(CCC(=O)N3CCC[C@@H]3C(=O)O)c2c1. The number of fused-ring (bicyclic) bond motifs is 1. The molecule has 0 aliphatic carbocycles. The summed E-state index contributed by atoms with van der Waals surface area (Å²) in [6, 6.07) is 5.56. The van der Waals surface area contributed by atoms with Crippen LogP contribution in [0.25, 0.3) is 10.9 Å². The summed E-state index contributed by atoms with van der Waals surface area (Å²) in [6.07, 6.45) is 4.26. The Balaban J connectivity index is 1.70. The molecule has 22 heavy (non-hydrogen) atoms. The van der Waals surface area contributed by atoms with Gasteiger partial charge >= 0.3 is 5.97 Å². The fourth-order valence-electron chi connectivity index (χ4n) is 3.21. The Labute approximate surface area is 128 Å². The molecule has 0 saturated carbocycles. The molecule has 1 saturated heterocycles. The number of amides is 1. The highest BCUT2D eigenvalue weighted by atomic mass is 16.4. The van der Waals surface area contributed by atoms with Crippen LogP contribution >= 0.6 is 0 Å². The third-order valence-electron chi connectivity index (χ3n) is 4.39. The number of hydrogen-bond donors (Lipinski definition) is 2. The van der Waals surface area contributed by atoms with E-state index in [1.54, 1.807) is 0 Å². The van der Waals surface area contributed by atoms with Crippen LogP contribution in [0.2, 0.25) is 0 Å². The van der Waals surface area contributed by atoms with Crippen molar-refractivity contribution in [2.24, 2.45) is 0 Å². The molecule has 2 heterocycles. The quantitative estimate of drug-likeness (QED) is 0.911. The number of benzene rings is 1. The van der Waals surface area contributed by atoms with E-state index in [-0.39, 0.29) is 5.91 Å². The van der Waals surface area contributed by atoms with Gasteiger partial charge < -0.3 is 15.0 Å². The summed E-state index contributed by atoms with van der Waals surface area (Å²) < 4.78 is 0. The van der Waals surface area contributed by atoms with Gasteiger partial charge in [0.05, 0.1) is 0 Å². The highest BCUT2D eigenvalue weighted by Gasteiger charge is 2.33. The van der Waals surface area contributed by atoms with Crippen LogP contribution in [0.5, 0.6) is 0 Å². The fourth-order valence-corrected chi connectivity index (χ4v) is 3.21. The molecule has 116 valence electrons. The van der Waals surface area contributed by atoms with Gasteiger partial charge in [0.1, 0.15) is 6.04 Å². The van der Waals surface area contributed by atoms with Crippen LogP contribution in [-0.2, 0) is 16.0 Å². The molecule has 1 fully saturated rings.